The molecular weight excluding hydrogens is 608 g/mol. The number of rotatable bonds is 10. The summed E-state index contributed by atoms with van der Waals surface area (Å²) in [5.74, 6) is -0.0171. The summed E-state index contributed by atoms with van der Waals surface area (Å²) in [6, 6.07) is 19.3. The zero-order chi connectivity index (χ0) is 34.8. The third kappa shape index (κ3) is 9.65. The molecule has 4 rings (SSSR count). The van der Waals surface area contributed by atoms with Crippen molar-refractivity contribution in [2.24, 2.45) is 0 Å². The highest BCUT2D eigenvalue weighted by Gasteiger charge is 2.31. The third-order valence-corrected chi connectivity index (χ3v) is 8.50. The summed E-state index contributed by atoms with van der Waals surface area (Å²) in [4.78, 5) is 44.2. The van der Waals surface area contributed by atoms with Crippen LogP contribution in [0, 0.1) is 0 Å². The minimum atomic E-state index is -1.04. The Labute approximate surface area is 284 Å². The van der Waals surface area contributed by atoms with Crippen LogP contribution in [0.4, 0.5) is 26.7 Å². The highest BCUT2D eigenvalue weighted by Crippen LogP contribution is 2.41. The molecule has 1 atom stereocenters. The van der Waals surface area contributed by atoms with E-state index in [4.69, 9.17) is 14.2 Å². The summed E-state index contributed by atoms with van der Waals surface area (Å²) >= 11 is 0. The zero-order valence-corrected chi connectivity index (χ0v) is 29.3. The summed E-state index contributed by atoms with van der Waals surface area (Å²) in [5.41, 5.74) is 3.08. The lowest BCUT2D eigenvalue weighted by molar-refractivity contribution is -0.136. The van der Waals surface area contributed by atoms with E-state index in [1.165, 1.54) is 6.92 Å². The number of esters is 1. The van der Waals surface area contributed by atoms with Crippen molar-refractivity contribution in [1.29, 1.82) is 0 Å². The van der Waals surface area contributed by atoms with E-state index in [1.54, 1.807) is 19.2 Å². The second kappa shape index (κ2) is 16.4. The Morgan fingerprint density at radius 3 is 2.10 bits per heavy atom. The Balaban J connectivity index is 1.63. The minimum absolute atomic E-state index is 0.00233. The number of alkyl carbamates (subject to hydrolysis) is 1. The number of benzene rings is 3. The quantitative estimate of drug-likeness (QED) is 0.129. The van der Waals surface area contributed by atoms with Crippen molar-refractivity contribution in [2.75, 3.05) is 36.3 Å². The molecule has 10 heteroatoms. The van der Waals surface area contributed by atoms with Gasteiger partial charge in [-0.05, 0) is 61.1 Å². The van der Waals surface area contributed by atoms with E-state index in [9.17, 15) is 14.4 Å². The molecule has 1 saturated carbocycles. The number of amides is 3. The monoisotopic (exact) mass is 658 g/mol. The Hall–Kier alpha value is -4.73. The van der Waals surface area contributed by atoms with Crippen LogP contribution >= 0.6 is 0 Å². The van der Waals surface area contributed by atoms with Crippen molar-refractivity contribution in [3.8, 4) is 11.5 Å². The molecule has 0 aromatic heterocycles. The second-order valence-electron chi connectivity index (χ2n) is 13.5. The molecule has 3 aromatic rings. The van der Waals surface area contributed by atoms with Gasteiger partial charge in [-0.15, -0.1) is 0 Å². The lowest BCUT2D eigenvalue weighted by Crippen LogP contribution is -2.43. The van der Waals surface area contributed by atoms with Gasteiger partial charge in [0.25, 0.3) is 0 Å². The van der Waals surface area contributed by atoms with Gasteiger partial charge in [0.1, 0.15) is 18.4 Å². The molecule has 10 nitrogen and oxygen atoms in total. The van der Waals surface area contributed by atoms with E-state index >= 15 is 0 Å². The average molecular weight is 659 g/mol. The van der Waals surface area contributed by atoms with E-state index in [0.29, 0.717) is 17.0 Å². The summed E-state index contributed by atoms with van der Waals surface area (Å²) in [6.07, 6.45) is 5.39. The van der Waals surface area contributed by atoms with Crippen molar-refractivity contribution >= 4 is 35.2 Å². The molecule has 0 radical (unpaired) electrons. The Morgan fingerprint density at radius 2 is 1.52 bits per heavy atom. The van der Waals surface area contributed by atoms with Crippen LogP contribution in [0.15, 0.2) is 66.7 Å². The average Bonchev–Trinajstić information content (AvgIpc) is 3.34. The molecule has 0 saturated heterocycles. The zero-order valence-electron chi connectivity index (χ0n) is 29.3. The second-order valence-corrected chi connectivity index (χ2v) is 13.5. The standard InChI is InChI=1S/C38H50N4O6/c1-26(39-37(45)47-25-27-15-11-10-12-16-27)35(43)48-34-32(38(2,3)4)23-31(46-7)24-33(34)40-36(44)42(29-17-13-8-9-14-18-29)30-21-19-28(20-22-30)41(5)6/h10-12,15-16,19-24,26,29H,8-9,13-14,17-18,25H2,1-7H3,(H,39,45)(H,40,44)/t26-/m0/s1. The third-order valence-electron chi connectivity index (χ3n) is 8.50. The largest absolute Gasteiger partial charge is 0.497 e. The molecule has 0 bridgehead atoms. The van der Waals surface area contributed by atoms with Gasteiger partial charge in [0, 0.05) is 43.1 Å². The van der Waals surface area contributed by atoms with Crippen LogP contribution in [-0.4, -0.2) is 51.4 Å². The number of hydrogen-bond donors (Lipinski definition) is 2. The Morgan fingerprint density at radius 1 is 0.896 bits per heavy atom. The first-order valence-corrected chi connectivity index (χ1v) is 16.7. The van der Waals surface area contributed by atoms with Crippen LogP contribution < -0.4 is 29.9 Å². The van der Waals surface area contributed by atoms with Crippen LogP contribution in [0.3, 0.4) is 0 Å². The van der Waals surface area contributed by atoms with Gasteiger partial charge in [-0.2, -0.15) is 0 Å². The Kier molecular flexibility index (Phi) is 12.3. The van der Waals surface area contributed by atoms with Gasteiger partial charge in [-0.3, -0.25) is 4.90 Å². The van der Waals surface area contributed by atoms with Gasteiger partial charge in [0.05, 0.1) is 12.8 Å². The molecular formula is C38H50N4O6. The van der Waals surface area contributed by atoms with Crippen LogP contribution in [-0.2, 0) is 21.6 Å². The van der Waals surface area contributed by atoms with Crippen molar-refractivity contribution in [2.45, 2.75) is 90.3 Å². The fraction of sp³-hybridized carbons (Fsp3) is 0.447. The van der Waals surface area contributed by atoms with E-state index in [2.05, 4.69) is 10.6 Å². The van der Waals surface area contributed by atoms with Crippen molar-refractivity contribution in [3.05, 3.63) is 77.9 Å². The topological polar surface area (TPSA) is 109 Å². The fourth-order valence-corrected chi connectivity index (χ4v) is 5.77. The molecule has 0 spiro atoms. The summed E-state index contributed by atoms with van der Waals surface area (Å²) in [7, 11) is 5.51. The predicted molar refractivity (Wildman–Crippen MR) is 190 cm³/mol. The van der Waals surface area contributed by atoms with E-state index in [-0.39, 0.29) is 24.4 Å². The predicted octanol–water partition coefficient (Wildman–Crippen LogP) is 8.04. The lowest BCUT2D eigenvalue weighted by atomic mass is 9.85. The van der Waals surface area contributed by atoms with Gasteiger partial charge in [0.2, 0.25) is 0 Å². The van der Waals surface area contributed by atoms with E-state index in [0.717, 1.165) is 55.5 Å². The van der Waals surface area contributed by atoms with Gasteiger partial charge in [-0.25, -0.2) is 14.4 Å². The molecule has 3 aromatic carbocycles. The smallest absolute Gasteiger partial charge is 0.408 e. The highest BCUT2D eigenvalue weighted by atomic mass is 16.6. The first kappa shape index (κ1) is 36.1. The molecule has 0 unspecified atom stereocenters. The summed E-state index contributed by atoms with van der Waals surface area (Å²) < 4.78 is 16.9. The number of ether oxygens (including phenoxy) is 3. The summed E-state index contributed by atoms with van der Waals surface area (Å²) in [5, 5.41) is 5.64. The van der Waals surface area contributed by atoms with Gasteiger partial charge >= 0.3 is 18.1 Å². The van der Waals surface area contributed by atoms with Crippen molar-refractivity contribution < 1.29 is 28.6 Å². The normalized spacial score (nSPS) is 14.2. The summed E-state index contributed by atoms with van der Waals surface area (Å²) in [6.45, 7) is 7.54. The lowest BCUT2D eigenvalue weighted by Gasteiger charge is -2.32. The van der Waals surface area contributed by atoms with Gasteiger partial charge < -0.3 is 29.7 Å². The number of urea groups is 1. The molecule has 258 valence electrons. The number of methoxy groups -OCH3 is 1. The maximum absolute atomic E-state index is 14.4. The van der Waals surface area contributed by atoms with Crippen molar-refractivity contribution in [3.63, 3.8) is 0 Å². The number of hydrogen-bond acceptors (Lipinski definition) is 7. The Bertz CT molecular complexity index is 1530. The minimum Gasteiger partial charge on any atom is -0.497 e. The number of anilines is 3. The van der Waals surface area contributed by atoms with Crippen LogP contribution in [0.2, 0.25) is 0 Å². The van der Waals surface area contributed by atoms with Crippen LogP contribution in [0.1, 0.15) is 77.3 Å². The van der Waals surface area contributed by atoms with Crippen LogP contribution in [0.25, 0.3) is 0 Å². The SMILES string of the molecule is COc1cc(NC(=O)N(c2ccc(N(C)C)cc2)C2CCCCCC2)c(OC(=O)[C@H](C)NC(=O)OCc2ccccc2)c(C(C)(C)C)c1. The molecule has 2 N–H and O–H groups in total. The maximum Gasteiger partial charge on any atom is 0.408 e. The van der Waals surface area contributed by atoms with E-state index in [1.807, 2.05) is 99.3 Å². The maximum atomic E-state index is 14.4. The van der Waals surface area contributed by atoms with Crippen molar-refractivity contribution in [1.82, 2.24) is 5.32 Å². The molecule has 1 aliphatic rings. The van der Waals surface area contributed by atoms with Crippen LogP contribution in [0.5, 0.6) is 11.5 Å². The van der Waals surface area contributed by atoms with E-state index < -0.39 is 23.5 Å². The molecule has 1 fully saturated rings. The molecule has 0 heterocycles. The molecule has 1 aliphatic carbocycles. The number of carbonyl (C=O) groups excluding carboxylic acids is 3. The molecule has 3 amide bonds. The number of nitrogens with zero attached hydrogens (tertiary/aromatic N) is 2. The highest BCUT2D eigenvalue weighted by molar-refractivity contribution is 6.04. The van der Waals surface area contributed by atoms with Gasteiger partial charge in [-0.1, -0.05) is 76.8 Å². The number of nitrogens with one attached hydrogen (secondary N) is 2. The molecule has 48 heavy (non-hydrogen) atoms. The molecule has 0 aliphatic heterocycles. The first-order chi connectivity index (χ1) is 22.9. The first-order valence-electron chi connectivity index (χ1n) is 16.7. The van der Waals surface area contributed by atoms with Gasteiger partial charge in [0.15, 0.2) is 5.75 Å². The number of carbonyl (C=O) groups is 3. The fourth-order valence-electron chi connectivity index (χ4n) is 5.77.